The van der Waals surface area contributed by atoms with Crippen molar-refractivity contribution in [2.24, 2.45) is 0 Å². The number of hydrogen-bond acceptors (Lipinski definition) is 4. The summed E-state index contributed by atoms with van der Waals surface area (Å²) in [5.74, 6) is -0.785. The molecular weight excluding hydrogens is 428 g/mol. The van der Waals surface area contributed by atoms with Crippen molar-refractivity contribution in [3.8, 4) is 5.75 Å². The molecule has 0 aliphatic rings. The highest BCUT2D eigenvalue weighted by Gasteiger charge is 2.12. The number of benzene rings is 2. The molecule has 2 amide bonds. The number of methoxy groups -OCH3 is 1. The Balaban J connectivity index is 1.85. The number of anilines is 1. The van der Waals surface area contributed by atoms with Gasteiger partial charge in [0.2, 0.25) is 0 Å². The van der Waals surface area contributed by atoms with Crippen molar-refractivity contribution in [1.29, 1.82) is 0 Å². The van der Waals surface area contributed by atoms with Gasteiger partial charge in [-0.3, -0.25) is 20.4 Å². The van der Waals surface area contributed by atoms with E-state index in [2.05, 4.69) is 16.2 Å². The van der Waals surface area contributed by atoms with Crippen LogP contribution in [0.4, 0.5) is 10.1 Å². The van der Waals surface area contributed by atoms with Crippen LogP contribution in [0.15, 0.2) is 42.5 Å². The van der Waals surface area contributed by atoms with Crippen molar-refractivity contribution in [1.82, 2.24) is 10.9 Å². The van der Waals surface area contributed by atoms with Crippen molar-refractivity contribution in [3.63, 3.8) is 0 Å². The molecule has 0 fully saturated rings. The second-order valence-electron chi connectivity index (χ2n) is 4.68. The lowest BCUT2D eigenvalue weighted by Crippen LogP contribution is -2.44. The molecule has 0 heterocycles. The molecular formula is C16H15FIN3O3. The van der Waals surface area contributed by atoms with Crippen LogP contribution in [0.5, 0.6) is 5.75 Å². The van der Waals surface area contributed by atoms with Gasteiger partial charge < -0.3 is 10.1 Å². The van der Waals surface area contributed by atoms with E-state index in [1.165, 1.54) is 25.3 Å². The van der Waals surface area contributed by atoms with E-state index in [1.807, 2.05) is 28.7 Å². The average Bonchev–Trinajstić information content (AvgIpc) is 2.58. The van der Waals surface area contributed by atoms with Crippen LogP contribution < -0.4 is 20.9 Å². The van der Waals surface area contributed by atoms with Crippen molar-refractivity contribution < 1.29 is 18.7 Å². The molecule has 2 aromatic carbocycles. The van der Waals surface area contributed by atoms with E-state index in [0.717, 1.165) is 0 Å². The maximum atomic E-state index is 13.0. The standard InChI is InChI=1S/C16H15FIN3O3/c1-24-14-5-3-2-4-13(14)19-9-15(22)20-21-16(23)11-7-6-10(17)8-12(11)18/h2-8,19H,9H2,1H3,(H,20,22)(H,21,23). The first-order valence-electron chi connectivity index (χ1n) is 6.92. The topological polar surface area (TPSA) is 79.5 Å². The first kappa shape index (κ1) is 18.0. The number of amides is 2. The fraction of sp³-hybridized carbons (Fsp3) is 0.125. The molecule has 8 heteroatoms. The Hall–Kier alpha value is -2.36. The number of halogens is 2. The van der Waals surface area contributed by atoms with E-state index in [-0.39, 0.29) is 12.1 Å². The van der Waals surface area contributed by atoms with E-state index in [1.54, 1.807) is 18.2 Å². The predicted molar refractivity (Wildman–Crippen MR) is 96.2 cm³/mol. The molecule has 0 atom stereocenters. The molecule has 0 bridgehead atoms. The number of ether oxygens (including phenoxy) is 1. The number of para-hydroxylation sites is 2. The molecule has 2 aromatic rings. The van der Waals surface area contributed by atoms with E-state index >= 15 is 0 Å². The number of rotatable bonds is 5. The lowest BCUT2D eigenvalue weighted by atomic mass is 10.2. The van der Waals surface area contributed by atoms with E-state index in [0.29, 0.717) is 15.0 Å². The summed E-state index contributed by atoms with van der Waals surface area (Å²) in [7, 11) is 1.53. The van der Waals surface area contributed by atoms with E-state index in [4.69, 9.17) is 4.74 Å². The fourth-order valence-electron chi connectivity index (χ4n) is 1.88. The number of hydrazine groups is 1. The third kappa shape index (κ3) is 4.82. The highest BCUT2D eigenvalue weighted by atomic mass is 127. The molecule has 3 N–H and O–H groups in total. The van der Waals surface area contributed by atoms with Crippen LogP contribution in [0.3, 0.4) is 0 Å². The SMILES string of the molecule is COc1ccccc1NCC(=O)NNC(=O)c1ccc(F)cc1I. The van der Waals surface area contributed by atoms with Crippen LogP contribution in [0, 0.1) is 9.39 Å². The third-order valence-corrected chi connectivity index (χ3v) is 3.93. The summed E-state index contributed by atoms with van der Waals surface area (Å²) in [6.45, 7) is -0.0544. The van der Waals surface area contributed by atoms with Crippen LogP contribution in [0.25, 0.3) is 0 Å². The highest BCUT2D eigenvalue weighted by Crippen LogP contribution is 2.22. The molecule has 0 unspecified atom stereocenters. The number of carbonyl (C=O) groups excluding carboxylic acids is 2. The quantitative estimate of drug-likeness (QED) is 0.490. The monoisotopic (exact) mass is 443 g/mol. The molecule has 0 aromatic heterocycles. The van der Waals surface area contributed by atoms with Gasteiger partial charge in [0, 0.05) is 3.57 Å². The fourth-order valence-corrected chi connectivity index (χ4v) is 2.60. The van der Waals surface area contributed by atoms with Crippen LogP contribution in [-0.4, -0.2) is 25.5 Å². The molecule has 0 aliphatic carbocycles. The number of carbonyl (C=O) groups is 2. The van der Waals surface area contributed by atoms with Crippen molar-refractivity contribution >= 4 is 40.1 Å². The molecule has 0 saturated carbocycles. The van der Waals surface area contributed by atoms with Gasteiger partial charge in [0.15, 0.2) is 0 Å². The minimum atomic E-state index is -0.523. The van der Waals surface area contributed by atoms with Gasteiger partial charge in [-0.05, 0) is 52.9 Å². The minimum absolute atomic E-state index is 0.0544. The number of hydrogen-bond donors (Lipinski definition) is 3. The summed E-state index contributed by atoms with van der Waals surface area (Å²) in [6, 6.07) is 10.9. The predicted octanol–water partition coefficient (Wildman–Crippen LogP) is 2.31. The summed E-state index contributed by atoms with van der Waals surface area (Å²) in [6.07, 6.45) is 0. The van der Waals surface area contributed by atoms with E-state index < -0.39 is 17.6 Å². The Labute approximate surface area is 151 Å². The van der Waals surface area contributed by atoms with Crippen molar-refractivity contribution in [3.05, 3.63) is 57.4 Å². The Morgan fingerprint density at radius 3 is 2.62 bits per heavy atom. The summed E-state index contributed by atoms with van der Waals surface area (Å²) < 4.78 is 18.6. The lowest BCUT2D eigenvalue weighted by molar-refractivity contribution is -0.120. The highest BCUT2D eigenvalue weighted by molar-refractivity contribution is 14.1. The lowest BCUT2D eigenvalue weighted by Gasteiger charge is -2.12. The maximum Gasteiger partial charge on any atom is 0.270 e. The van der Waals surface area contributed by atoms with Crippen LogP contribution in [-0.2, 0) is 4.79 Å². The molecule has 0 aliphatic heterocycles. The first-order valence-corrected chi connectivity index (χ1v) is 8.00. The summed E-state index contributed by atoms with van der Waals surface area (Å²) >= 11 is 1.85. The van der Waals surface area contributed by atoms with Gasteiger partial charge >= 0.3 is 0 Å². The second-order valence-corrected chi connectivity index (χ2v) is 5.84. The van der Waals surface area contributed by atoms with E-state index in [9.17, 15) is 14.0 Å². The first-order chi connectivity index (χ1) is 11.5. The Morgan fingerprint density at radius 2 is 1.92 bits per heavy atom. The van der Waals surface area contributed by atoms with Crippen LogP contribution >= 0.6 is 22.6 Å². The van der Waals surface area contributed by atoms with Crippen molar-refractivity contribution in [2.75, 3.05) is 19.0 Å². The van der Waals surface area contributed by atoms with Gasteiger partial charge in [0.25, 0.3) is 11.8 Å². The van der Waals surface area contributed by atoms with Gasteiger partial charge in [0.05, 0.1) is 24.9 Å². The molecule has 2 rings (SSSR count). The van der Waals surface area contributed by atoms with Gasteiger partial charge in [-0.25, -0.2) is 4.39 Å². The number of nitrogens with one attached hydrogen (secondary N) is 3. The summed E-state index contributed by atoms with van der Waals surface area (Å²) in [5, 5.41) is 2.91. The Bertz CT molecular complexity index is 755. The zero-order valence-corrected chi connectivity index (χ0v) is 14.9. The summed E-state index contributed by atoms with van der Waals surface area (Å²) in [4.78, 5) is 23.8. The van der Waals surface area contributed by atoms with Gasteiger partial charge in [-0.15, -0.1) is 0 Å². The van der Waals surface area contributed by atoms with Gasteiger partial charge in [0.1, 0.15) is 11.6 Å². The Morgan fingerprint density at radius 1 is 1.17 bits per heavy atom. The molecule has 6 nitrogen and oxygen atoms in total. The zero-order valence-electron chi connectivity index (χ0n) is 12.7. The molecule has 0 saturated heterocycles. The molecule has 126 valence electrons. The zero-order chi connectivity index (χ0) is 17.5. The third-order valence-electron chi connectivity index (χ3n) is 3.04. The van der Waals surface area contributed by atoms with Crippen molar-refractivity contribution in [2.45, 2.75) is 0 Å². The summed E-state index contributed by atoms with van der Waals surface area (Å²) in [5.41, 5.74) is 5.51. The Kier molecular flexibility index (Phi) is 6.36. The van der Waals surface area contributed by atoms with Gasteiger partial charge in [-0.2, -0.15) is 0 Å². The molecule has 24 heavy (non-hydrogen) atoms. The van der Waals surface area contributed by atoms with Gasteiger partial charge in [-0.1, -0.05) is 12.1 Å². The minimum Gasteiger partial charge on any atom is -0.495 e. The molecule has 0 radical (unpaired) electrons. The average molecular weight is 443 g/mol. The largest absolute Gasteiger partial charge is 0.495 e. The second kappa shape index (κ2) is 8.48. The smallest absolute Gasteiger partial charge is 0.270 e. The normalized spacial score (nSPS) is 9.96. The molecule has 0 spiro atoms. The van der Waals surface area contributed by atoms with Crippen LogP contribution in [0.2, 0.25) is 0 Å². The van der Waals surface area contributed by atoms with Crippen LogP contribution in [0.1, 0.15) is 10.4 Å². The maximum absolute atomic E-state index is 13.0.